The van der Waals surface area contributed by atoms with Crippen molar-refractivity contribution >= 4 is 0 Å². The van der Waals surface area contributed by atoms with Crippen LogP contribution in [0.1, 0.15) is 46.0 Å². The molecule has 0 saturated carbocycles. The topological polar surface area (TPSA) is 52.4 Å². The predicted octanol–water partition coefficient (Wildman–Crippen LogP) is 3.19. The summed E-state index contributed by atoms with van der Waals surface area (Å²) in [5.41, 5.74) is 0. The lowest BCUT2D eigenvalue weighted by Gasteiger charge is -2.07. The summed E-state index contributed by atoms with van der Waals surface area (Å²) < 4.78 is 5.25. The first-order chi connectivity index (χ1) is 7.70. The van der Waals surface area contributed by atoms with Crippen molar-refractivity contribution in [1.82, 2.24) is 0 Å². The molecule has 0 saturated heterocycles. The molecule has 0 fully saturated rings. The van der Waals surface area contributed by atoms with E-state index in [0.29, 0.717) is 6.61 Å². The lowest BCUT2D eigenvalue weighted by atomic mass is 10.1. The second-order valence-corrected chi connectivity index (χ2v) is 3.79. The minimum Gasteiger partial charge on any atom is -0.368 e. The van der Waals surface area contributed by atoms with Crippen LogP contribution in [0.5, 0.6) is 0 Å². The molecule has 1 atom stereocenters. The Labute approximate surface area is 97.8 Å². The van der Waals surface area contributed by atoms with E-state index < -0.39 is 0 Å². The van der Waals surface area contributed by atoms with Crippen molar-refractivity contribution in [3.8, 4) is 0 Å². The highest BCUT2D eigenvalue weighted by Crippen LogP contribution is 2.04. The molecule has 0 aliphatic heterocycles. The lowest BCUT2D eigenvalue weighted by molar-refractivity contribution is -0.488. The molecule has 0 aromatic carbocycles. The second kappa shape index (κ2) is 10.6. The van der Waals surface area contributed by atoms with Crippen molar-refractivity contribution in [2.24, 2.45) is 0 Å². The molecule has 0 aromatic heterocycles. The first-order valence-corrected chi connectivity index (χ1v) is 6.10. The fourth-order valence-corrected chi connectivity index (χ4v) is 1.47. The van der Waals surface area contributed by atoms with Gasteiger partial charge in [0.25, 0.3) is 0 Å². The maximum Gasteiger partial charge on any atom is 0.233 e. The third kappa shape index (κ3) is 9.65. The molecule has 0 radical (unpaired) electrons. The zero-order valence-electron chi connectivity index (χ0n) is 10.4. The Morgan fingerprint density at radius 2 is 2.06 bits per heavy atom. The number of hydrogen-bond acceptors (Lipinski definition) is 3. The van der Waals surface area contributed by atoms with Crippen molar-refractivity contribution in [2.75, 3.05) is 13.2 Å². The standard InChI is InChI=1S/C12H23NO3/c1-3-5-6-7-8-9-10-12(16-4-2)11-13(14)15/h9-10,12H,3-8,11H2,1-2H3/b10-9+. The molecule has 0 bridgehead atoms. The van der Waals surface area contributed by atoms with Crippen molar-refractivity contribution in [2.45, 2.75) is 52.1 Å². The molecule has 0 amide bonds. The maximum atomic E-state index is 10.4. The molecule has 0 heterocycles. The second-order valence-electron chi connectivity index (χ2n) is 3.79. The van der Waals surface area contributed by atoms with E-state index in [2.05, 4.69) is 6.92 Å². The van der Waals surface area contributed by atoms with Gasteiger partial charge in [0, 0.05) is 11.5 Å². The van der Waals surface area contributed by atoms with Crippen LogP contribution < -0.4 is 0 Å². The highest BCUT2D eigenvalue weighted by Gasteiger charge is 2.10. The van der Waals surface area contributed by atoms with Gasteiger partial charge < -0.3 is 4.74 Å². The third-order valence-corrected chi connectivity index (χ3v) is 2.28. The summed E-state index contributed by atoms with van der Waals surface area (Å²) in [5, 5.41) is 10.4. The number of allylic oxidation sites excluding steroid dienone is 1. The molecule has 0 spiro atoms. The van der Waals surface area contributed by atoms with E-state index in [-0.39, 0.29) is 17.6 Å². The highest BCUT2D eigenvalue weighted by atomic mass is 16.6. The van der Waals surface area contributed by atoms with E-state index >= 15 is 0 Å². The molecule has 4 nitrogen and oxygen atoms in total. The largest absolute Gasteiger partial charge is 0.368 e. The average Bonchev–Trinajstić information content (AvgIpc) is 2.22. The smallest absolute Gasteiger partial charge is 0.233 e. The highest BCUT2D eigenvalue weighted by molar-refractivity contribution is 4.89. The summed E-state index contributed by atoms with van der Waals surface area (Å²) in [4.78, 5) is 10.0. The van der Waals surface area contributed by atoms with Gasteiger partial charge in [0.15, 0.2) is 0 Å². The molecule has 94 valence electrons. The zero-order valence-corrected chi connectivity index (χ0v) is 10.4. The number of unbranched alkanes of at least 4 members (excludes halogenated alkanes) is 4. The molecular weight excluding hydrogens is 206 g/mol. The summed E-state index contributed by atoms with van der Waals surface area (Å²) >= 11 is 0. The number of nitrogens with zero attached hydrogens (tertiary/aromatic N) is 1. The van der Waals surface area contributed by atoms with E-state index in [1.54, 1.807) is 0 Å². The number of nitro groups is 1. The third-order valence-electron chi connectivity index (χ3n) is 2.28. The van der Waals surface area contributed by atoms with E-state index in [4.69, 9.17) is 4.74 Å². The van der Waals surface area contributed by atoms with Crippen LogP contribution in [-0.2, 0) is 4.74 Å². The van der Waals surface area contributed by atoms with Gasteiger partial charge in [-0.1, -0.05) is 38.3 Å². The SMILES string of the molecule is CCCCCC/C=C/C(C[N+](=O)[O-])OCC. The maximum absolute atomic E-state index is 10.4. The quantitative estimate of drug-likeness (QED) is 0.250. The van der Waals surface area contributed by atoms with Crippen molar-refractivity contribution in [3.05, 3.63) is 22.3 Å². The van der Waals surface area contributed by atoms with Gasteiger partial charge in [-0.05, 0) is 19.8 Å². The van der Waals surface area contributed by atoms with Crippen LogP contribution >= 0.6 is 0 Å². The fourth-order valence-electron chi connectivity index (χ4n) is 1.47. The predicted molar refractivity (Wildman–Crippen MR) is 65.2 cm³/mol. The molecular formula is C12H23NO3. The molecule has 4 heteroatoms. The Hall–Kier alpha value is -0.900. The molecule has 16 heavy (non-hydrogen) atoms. The van der Waals surface area contributed by atoms with E-state index in [0.717, 1.165) is 12.8 Å². The van der Waals surface area contributed by atoms with Gasteiger partial charge in [0.05, 0.1) is 0 Å². The Morgan fingerprint density at radius 1 is 1.31 bits per heavy atom. The first-order valence-electron chi connectivity index (χ1n) is 6.10. The van der Waals surface area contributed by atoms with Gasteiger partial charge in [-0.2, -0.15) is 0 Å². The molecule has 0 N–H and O–H groups in total. The molecule has 0 aliphatic rings. The normalized spacial score (nSPS) is 13.1. The Morgan fingerprint density at radius 3 is 2.62 bits per heavy atom. The van der Waals surface area contributed by atoms with E-state index in [9.17, 15) is 10.1 Å². The number of rotatable bonds is 10. The summed E-state index contributed by atoms with van der Waals surface area (Å²) in [7, 11) is 0. The Balaban J connectivity index is 3.71. The summed E-state index contributed by atoms with van der Waals surface area (Å²) in [6, 6.07) is 0. The van der Waals surface area contributed by atoms with Crippen molar-refractivity contribution in [1.29, 1.82) is 0 Å². The van der Waals surface area contributed by atoms with Gasteiger partial charge in [-0.25, -0.2) is 0 Å². The van der Waals surface area contributed by atoms with Crippen LogP contribution in [0.4, 0.5) is 0 Å². The van der Waals surface area contributed by atoms with Crippen LogP contribution in [0.15, 0.2) is 12.2 Å². The molecule has 0 aromatic rings. The van der Waals surface area contributed by atoms with Crippen molar-refractivity contribution < 1.29 is 9.66 Å². The fraction of sp³-hybridized carbons (Fsp3) is 0.833. The summed E-state index contributed by atoms with van der Waals surface area (Å²) in [6.07, 6.45) is 9.31. The van der Waals surface area contributed by atoms with Gasteiger partial charge in [-0.15, -0.1) is 0 Å². The van der Waals surface area contributed by atoms with E-state index in [1.165, 1.54) is 19.3 Å². The molecule has 0 aliphatic carbocycles. The van der Waals surface area contributed by atoms with Crippen LogP contribution in [0.3, 0.4) is 0 Å². The molecule has 1 unspecified atom stereocenters. The number of ether oxygens (including phenoxy) is 1. The van der Waals surface area contributed by atoms with Crippen molar-refractivity contribution in [3.63, 3.8) is 0 Å². The molecule has 0 rings (SSSR count). The number of hydrogen-bond donors (Lipinski definition) is 0. The summed E-state index contributed by atoms with van der Waals surface area (Å²) in [5.74, 6) is 0. The minimum atomic E-state index is -0.369. The monoisotopic (exact) mass is 229 g/mol. The van der Waals surface area contributed by atoms with Crippen LogP contribution in [0.2, 0.25) is 0 Å². The van der Waals surface area contributed by atoms with Gasteiger partial charge >= 0.3 is 0 Å². The van der Waals surface area contributed by atoms with E-state index in [1.807, 2.05) is 19.1 Å². The Kier molecular flexibility index (Phi) is 10.0. The zero-order chi connectivity index (χ0) is 12.2. The van der Waals surface area contributed by atoms with Gasteiger partial charge in [-0.3, -0.25) is 10.1 Å². The van der Waals surface area contributed by atoms with Crippen LogP contribution in [-0.4, -0.2) is 24.2 Å². The van der Waals surface area contributed by atoms with Crippen LogP contribution in [0, 0.1) is 10.1 Å². The minimum absolute atomic E-state index is 0.140. The van der Waals surface area contributed by atoms with Crippen LogP contribution in [0.25, 0.3) is 0 Å². The first kappa shape index (κ1) is 15.1. The lowest BCUT2D eigenvalue weighted by Crippen LogP contribution is -2.21. The summed E-state index contributed by atoms with van der Waals surface area (Å²) in [6.45, 7) is 4.40. The van der Waals surface area contributed by atoms with Gasteiger partial charge in [0.2, 0.25) is 6.54 Å². The Bertz CT molecular complexity index is 204. The average molecular weight is 229 g/mol. The van der Waals surface area contributed by atoms with Gasteiger partial charge in [0.1, 0.15) is 6.10 Å².